The fraction of sp³-hybridized carbons (Fsp3) is 0.474. The van der Waals surface area contributed by atoms with E-state index < -0.39 is 6.10 Å². The zero-order valence-corrected chi connectivity index (χ0v) is 16.5. The average Bonchev–Trinajstić information content (AvgIpc) is 2.97. The maximum Gasteiger partial charge on any atom is 0.0967 e. The number of thioether (sulfide) groups is 1. The van der Waals surface area contributed by atoms with E-state index in [2.05, 4.69) is 37.3 Å². The third-order valence-corrected chi connectivity index (χ3v) is 6.73. The van der Waals surface area contributed by atoms with Crippen molar-refractivity contribution >= 4 is 34.7 Å². The Morgan fingerprint density at radius 2 is 2.04 bits per heavy atom. The molecule has 1 fully saturated rings. The smallest absolute Gasteiger partial charge is 0.0967 e. The molecule has 2 N–H and O–H groups in total. The van der Waals surface area contributed by atoms with Gasteiger partial charge in [0.15, 0.2) is 0 Å². The summed E-state index contributed by atoms with van der Waals surface area (Å²) in [7, 11) is 0. The molecule has 3 nitrogen and oxygen atoms in total. The molecule has 1 aromatic carbocycles. The first-order valence-corrected chi connectivity index (χ1v) is 10.7. The molecule has 1 aliphatic heterocycles. The topological polar surface area (TPSA) is 49.7 Å². The van der Waals surface area contributed by atoms with Gasteiger partial charge in [-0.3, -0.25) is 0 Å². The second kappa shape index (κ2) is 8.89. The van der Waals surface area contributed by atoms with E-state index in [9.17, 15) is 10.2 Å². The highest BCUT2D eigenvalue weighted by Crippen LogP contribution is 2.39. The van der Waals surface area contributed by atoms with Crippen LogP contribution in [0.4, 0.5) is 0 Å². The van der Waals surface area contributed by atoms with Gasteiger partial charge in [-0.05, 0) is 41.5 Å². The Balaban J connectivity index is 1.71. The SMILES string of the molecule is CCSc1ccc(Cc2cc(C3CC(O)CC(CO)O3)sc2Cl)cc1. The minimum absolute atomic E-state index is 0.0678. The zero-order chi connectivity index (χ0) is 17.8. The lowest BCUT2D eigenvalue weighted by atomic mass is 9.99. The van der Waals surface area contributed by atoms with Crippen LogP contribution in [0.1, 0.15) is 41.9 Å². The Morgan fingerprint density at radius 1 is 1.28 bits per heavy atom. The molecule has 3 atom stereocenters. The third kappa shape index (κ3) is 5.00. The quantitative estimate of drug-likeness (QED) is 0.694. The Kier molecular flexibility index (Phi) is 6.83. The summed E-state index contributed by atoms with van der Waals surface area (Å²) in [5.74, 6) is 1.07. The van der Waals surface area contributed by atoms with E-state index in [4.69, 9.17) is 16.3 Å². The van der Waals surface area contributed by atoms with Gasteiger partial charge >= 0.3 is 0 Å². The molecule has 0 bridgehead atoms. The van der Waals surface area contributed by atoms with E-state index in [1.807, 2.05) is 11.8 Å². The highest BCUT2D eigenvalue weighted by molar-refractivity contribution is 7.99. The molecular formula is C19H23ClO3S2. The van der Waals surface area contributed by atoms with Crippen molar-refractivity contribution in [3.63, 3.8) is 0 Å². The first-order chi connectivity index (χ1) is 12.1. The highest BCUT2D eigenvalue weighted by atomic mass is 35.5. The summed E-state index contributed by atoms with van der Waals surface area (Å²) >= 11 is 9.79. The number of thiophene rings is 1. The van der Waals surface area contributed by atoms with Gasteiger partial charge in [-0.25, -0.2) is 0 Å². The van der Waals surface area contributed by atoms with Gasteiger partial charge in [0, 0.05) is 22.6 Å². The summed E-state index contributed by atoms with van der Waals surface area (Å²) in [5.41, 5.74) is 2.31. The molecule has 1 aliphatic rings. The molecule has 3 unspecified atom stereocenters. The fourth-order valence-electron chi connectivity index (χ4n) is 3.09. The van der Waals surface area contributed by atoms with Crippen molar-refractivity contribution in [2.45, 2.75) is 49.4 Å². The minimum Gasteiger partial charge on any atom is -0.394 e. The van der Waals surface area contributed by atoms with Gasteiger partial charge < -0.3 is 14.9 Å². The van der Waals surface area contributed by atoms with Crippen LogP contribution in [0.5, 0.6) is 0 Å². The molecule has 2 aromatic rings. The van der Waals surface area contributed by atoms with Gasteiger partial charge in [-0.2, -0.15) is 0 Å². The van der Waals surface area contributed by atoms with Crippen LogP contribution >= 0.6 is 34.7 Å². The number of rotatable bonds is 6. The number of hydrogen-bond donors (Lipinski definition) is 2. The second-order valence-electron chi connectivity index (χ2n) is 6.26. The van der Waals surface area contributed by atoms with Crippen LogP contribution in [0.2, 0.25) is 4.34 Å². The molecule has 6 heteroatoms. The van der Waals surface area contributed by atoms with E-state index >= 15 is 0 Å². The Morgan fingerprint density at radius 3 is 2.72 bits per heavy atom. The zero-order valence-electron chi connectivity index (χ0n) is 14.2. The predicted octanol–water partition coefficient (Wildman–Crippen LogP) is 4.68. The number of hydrogen-bond acceptors (Lipinski definition) is 5. The minimum atomic E-state index is -0.441. The molecular weight excluding hydrogens is 376 g/mol. The lowest BCUT2D eigenvalue weighted by molar-refractivity contribution is -0.112. The van der Waals surface area contributed by atoms with Crippen LogP contribution in [0.3, 0.4) is 0 Å². The molecule has 0 spiro atoms. The molecule has 1 aromatic heterocycles. The monoisotopic (exact) mass is 398 g/mol. The summed E-state index contributed by atoms with van der Waals surface area (Å²) in [5, 5.41) is 19.3. The number of ether oxygens (including phenoxy) is 1. The van der Waals surface area contributed by atoms with Crippen LogP contribution < -0.4 is 0 Å². The highest BCUT2D eigenvalue weighted by Gasteiger charge is 2.30. The van der Waals surface area contributed by atoms with Gasteiger partial charge in [0.1, 0.15) is 0 Å². The molecule has 25 heavy (non-hydrogen) atoms. The van der Waals surface area contributed by atoms with Crippen LogP contribution in [-0.4, -0.2) is 34.8 Å². The standard InChI is InChI=1S/C19H23ClO3S2/c1-2-24-16-5-3-12(4-6-16)7-13-8-18(25-19(13)20)17-10-14(22)9-15(11-21)23-17/h3-6,8,14-15,17,21-22H,2,7,9-11H2,1H3. The number of benzene rings is 1. The predicted molar refractivity (Wildman–Crippen MR) is 105 cm³/mol. The number of halogens is 1. The molecule has 0 saturated carbocycles. The van der Waals surface area contributed by atoms with E-state index in [0.29, 0.717) is 12.8 Å². The molecule has 2 heterocycles. The molecule has 0 aliphatic carbocycles. The van der Waals surface area contributed by atoms with E-state index in [1.54, 1.807) is 0 Å². The molecule has 136 valence electrons. The number of aliphatic hydroxyl groups is 2. The summed E-state index contributed by atoms with van der Waals surface area (Å²) in [6.45, 7) is 2.08. The average molecular weight is 399 g/mol. The van der Waals surface area contributed by atoms with Gasteiger partial charge in [0.2, 0.25) is 0 Å². The van der Waals surface area contributed by atoms with Crippen LogP contribution in [0.25, 0.3) is 0 Å². The van der Waals surface area contributed by atoms with Gasteiger partial charge in [-0.1, -0.05) is 30.7 Å². The summed E-state index contributed by atoms with van der Waals surface area (Å²) in [4.78, 5) is 2.30. The van der Waals surface area contributed by atoms with Crippen molar-refractivity contribution in [2.75, 3.05) is 12.4 Å². The Labute approximate surface area is 162 Å². The van der Waals surface area contributed by atoms with Crippen LogP contribution in [-0.2, 0) is 11.2 Å². The molecule has 1 saturated heterocycles. The summed E-state index contributed by atoms with van der Waals surface area (Å²) < 4.78 is 6.66. The molecule has 0 amide bonds. The van der Waals surface area contributed by atoms with Gasteiger partial charge in [0.25, 0.3) is 0 Å². The van der Waals surface area contributed by atoms with Crippen LogP contribution in [0, 0.1) is 0 Å². The van der Waals surface area contributed by atoms with Gasteiger partial charge in [-0.15, -0.1) is 23.1 Å². The molecule has 3 rings (SSSR count). The van der Waals surface area contributed by atoms with Crippen LogP contribution in [0.15, 0.2) is 35.2 Å². The number of aliphatic hydroxyl groups excluding tert-OH is 2. The van der Waals surface area contributed by atoms with Crippen molar-refractivity contribution < 1.29 is 14.9 Å². The van der Waals surface area contributed by atoms with E-state index in [0.717, 1.165) is 27.0 Å². The second-order valence-corrected chi connectivity index (χ2v) is 9.28. The lowest BCUT2D eigenvalue weighted by Gasteiger charge is -2.31. The van der Waals surface area contributed by atoms with Crippen molar-refractivity contribution in [3.05, 3.63) is 50.7 Å². The summed E-state index contributed by atoms with van der Waals surface area (Å²) in [6, 6.07) is 10.7. The maximum absolute atomic E-state index is 10.0. The fourth-order valence-corrected chi connectivity index (χ4v) is 5.09. The van der Waals surface area contributed by atoms with Crippen molar-refractivity contribution in [1.29, 1.82) is 0 Å². The normalized spacial score (nSPS) is 23.8. The molecule has 0 radical (unpaired) electrons. The first-order valence-electron chi connectivity index (χ1n) is 8.53. The first kappa shape index (κ1) is 19.2. The van der Waals surface area contributed by atoms with Crippen molar-refractivity contribution in [3.8, 4) is 0 Å². The Hall–Kier alpha value is -0.560. The van der Waals surface area contributed by atoms with E-state index in [1.165, 1.54) is 21.8 Å². The third-order valence-electron chi connectivity index (χ3n) is 4.30. The van der Waals surface area contributed by atoms with Crippen molar-refractivity contribution in [1.82, 2.24) is 0 Å². The lowest BCUT2D eigenvalue weighted by Crippen LogP contribution is -2.33. The largest absolute Gasteiger partial charge is 0.394 e. The summed E-state index contributed by atoms with van der Waals surface area (Å²) in [6.07, 6.45) is 0.882. The van der Waals surface area contributed by atoms with E-state index in [-0.39, 0.29) is 18.8 Å². The van der Waals surface area contributed by atoms with Crippen molar-refractivity contribution in [2.24, 2.45) is 0 Å². The van der Waals surface area contributed by atoms with Gasteiger partial charge in [0.05, 0.1) is 29.3 Å². The maximum atomic E-state index is 10.0. The Bertz CT molecular complexity index is 686.